The lowest BCUT2D eigenvalue weighted by atomic mass is 10.2. The van der Waals surface area contributed by atoms with Crippen LogP contribution in [0.1, 0.15) is 26.3 Å². The van der Waals surface area contributed by atoms with Crippen molar-refractivity contribution >= 4 is 39.7 Å². The van der Waals surface area contributed by atoms with Crippen molar-refractivity contribution in [2.75, 3.05) is 0 Å². The van der Waals surface area contributed by atoms with E-state index in [4.69, 9.17) is 4.74 Å². The normalized spacial score (nSPS) is 10.6. The lowest BCUT2D eigenvalue weighted by Gasteiger charge is -2.08. The predicted octanol–water partition coefficient (Wildman–Crippen LogP) is 3.74. The average Bonchev–Trinajstić information content (AvgIpc) is 2.75. The lowest BCUT2D eigenvalue weighted by molar-refractivity contribution is -0.384. The molecule has 1 N–H and O–H groups in total. The van der Waals surface area contributed by atoms with Gasteiger partial charge in [-0.05, 0) is 36.4 Å². The van der Waals surface area contributed by atoms with Gasteiger partial charge in [0.1, 0.15) is 5.75 Å². The fraction of sp³-hybridized carbons (Fsp3) is 0. The first-order valence-corrected chi connectivity index (χ1v) is 9.23. The summed E-state index contributed by atoms with van der Waals surface area (Å²) in [6.07, 6.45) is 4.04. The quantitative estimate of drug-likeness (QED) is 0.193. The maximum Gasteiger partial charge on any atom is 0.343 e. The number of esters is 1. The van der Waals surface area contributed by atoms with Gasteiger partial charge < -0.3 is 4.74 Å². The van der Waals surface area contributed by atoms with E-state index in [9.17, 15) is 19.7 Å². The second-order valence-corrected chi connectivity index (χ2v) is 6.74. The van der Waals surface area contributed by atoms with Gasteiger partial charge in [-0.3, -0.25) is 19.9 Å². The van der Waals surface area contributed by atoms with Gasteiger partial charge in [0.25, 0.3) is 11.6 Å². The highest BCUT2D eigenvalue weighted by Gasteiger charge is 2.15. The number of non-ortho nitro benzene ring substituents is 1. The van der Waals surface area contributed by atoms with Crippen LogP contribution in [0.2, 0.25) is 0 Å². The number of carbonyl (C=O) groups is 2. The number of hydrogen-bond donors (Lipinski definition) is 1. The Bertz CT molecular complexity index is 1140. The molecule has 0 bridgehead atoms. The number of aromatic nitrogens is 1. The molecule has 10 heteroatoms. The summed E-state index contributed by atoms with van der Waals surface area (Å²) in [5, 5.41) is 14.9. The molecule has 0 aliphatic heterocycles. The van der Waals surface area contributed by atoms with Crippen molar-refractivity contribution in [3.63, 3.8) is 0 Å². The molecule has 2 aromatic carbocycles. The number of nitro benzene ring substituents is 1. The van der Waals surface area contributed by atoms with E-state index in [0.717, 1.165) is 6.21 Å². The highest BCUT2D eigenvalue weighted by molar-refractivity contribution is 9.10. The Balaban J connectivity index is 1.82. The van der Waals surface area contributed by atoms with E-state index in [-0.39, 0.29) is 28.1 Å². The highest BCUT2D eigenvalue weighted by Crippen LogP contribution is 2.24. The summed E-state index contributed by atoms with van der Waals surface area (Å²) in [4.78, 5) is 38.8. The topological polar surface area (TPSA) is 124 Å². The van der Waals surface area contributed by atoms with Crippen LogP contribution >= 0.6 is 15.9 Å². The number of nitrogens with one attached hydrogen (secondary N) is 1. The summed E-state index contributed by atoms with van der Waals surface area (Å²) >= 11 is 3.27. The maximum atomic E-state index is 12.4. The summed E-state index contributed by atoms with van der Waals surface area (Å²) in [6.45, 7) is 0. The van der Waals surface area contributed by atoms with Crippen LogP contribution in [0.5, 0.6) is 5.75 Å². The van der Waals surface area contributed by atoms with Crippen LogP contribution in [0, 0.1) is 10.1 Å². The number of nitrogens with zero attached hydrogens (tertiary/aromatic N) is 3. The van der Waals surface area contributed by atoms with E-state index in [1.807, 2.05) is 0 Å². The standard InChI is InChI=1S/C20H13BrN4O5/c21-16-5-1-3-13(9-16)20(27)30-18-7-6-17(25(28)29)10-15(18)12-23-24-19(26)14-4-2-8-22-11-14/h1-12H,(H,24,26)/b23-12+. The van der Waals surface area contributed by atoms with Crippen molar-refractivity contribution in [3.05, 3.63) is 98.3 Å². The first-order valence-electron chi connectivity index (χ1n) is 8.43. The third-order valence-corrected chi connectivity index (χ3v) is 4.25. The molecular formula is C20H13BrN4O5. The van der Waals surface area contributed by atoms with E-state index in [2.05, 4.69) is 31.4 Å². The minimum atomic E-state index is -0.654. The van der Waals surface area contributed by atoms with Crippen molar-refractivity contribution in [1.29, 1.82) is 0 Å². The smallest absolute Gasteiger partial charge is 0.343 e. The Hall–Kier alpha value is -3.92. The molecule has 0 saturated heterocycles. The van der Waals surface area contributed by atoms with E-state index in [1.54, 1.807) is 36.4 Å². The molecule has 0 unspecified atom stereocenters. The van der Waals surface area contributed by atoms with E-state index in [1.165, 1.54) is 30.6 Å². The van der Waals surface area contributed by atoms with Crippen molar-refractivity contribution < 1.29 is 19.2 Å². The monoisotopic (exact) mass is 468 g/mol. The fourth-order valence-electron chi connectivity index (χ4n) is 2.34. The van der Waals surface area contributed by atoms with Crippen molar-refractivity contribution in [3.8, 4) is 5.75 Å². The molecule has 0 atom stereocenters. The average molecular weight is 469 g/mol. The zero-order valence-electron chi connectivity index (χ0n) is 15.2. The van der Waals surface area contributed by atoms with Gasteiger partial charge in [0.05, 0.1) is 22.3 Å². The van der Waals surface area contributed by atoms with Gasteiger partial charge in [-0.2, -0.15) is 5.10 Å². The number of rotatable bonds is 6. The zero-order chi connectivity index (χ0) is 21.5. The summed E-state index contributed by atoms with van der Waals surface area (Å²) in [7, 11) is 0. The van der Waals surface area contributed by atoms with Gasteiger partial charge in [-0.1, -0.05) is 22.0 Å². The Morgan fingerprint density at radius 1 is 1.13 bits per heavy atom. The van der Waals surface area contributed by atoms with Gasteiger partial charge in [0, 0.05) is 34.6 Å². The Labute approximate surface area is 178 Å². The molecule has 3 aromatic rings. The summed E-state index contributed by atoms with van der Waals surface area (Å²) in [5.41, 5.74) is 2.78. The minimum Gasteiger partial charge on any atom is -0.422 e. The molecule has 0 saturated carbocycles. The zero-order valence-corrected chi connectivity index (χ0v) is 16.8. The molecule has 3 rings (SSSR count). The van der Waals surface area contributed by atoms with Crippen molar-refractivity contribution in [2.45, 2.75) is 0 Å². The first kappa shape index (κ1) is 20.8. The van der Waals surface area contributed by atoms with Crippen LogP contribution < -0.4 is 10.2 Å². The molecule has 0 aliphatic rings. The summed E-state index contributed by atoms with van der Waals surface area (Å²) in [5.74, 6) is -1.12. The highest BCUT2D eigenvalue weighted by atomic mass is 79.9. The van der Waals surface area contributed by atoms with E-state index in [0.29, 0.717) is 4.47 Å². The number of hydrogen-bond acceptors (Lipinski definition) is 7. The predicted molar refractivity (Wildman–Crippen MR) is 111 cm³/mol. The van der Waals surface area contributed by atoms with E-state index < -0.39 is 16.8 Å². The molecule has 1 amide bonds. The van der Waals surface area contributed by atoms with Crippen molar-refractivity contribution in [1.82, 2.24) is 10.4 Å². The molecule has 0 spiro atoms. The summed E-state index contributed by atoms with van der Waals surface area (Å²) < 4.78 is 6.06. The molecule has 0 aliphatic carbocycles. The molecule has 1 aromatic heterocycles. The second-order valence-electron chi connectivity index (χ2n) is 5.82. The van der Waals surface area contributed by atoms with Crippen LogP contribution in [0.15, 0.2) is 76.6 Å². The molecule has 0 radical (unpaired) electrons. The molecular weight excluding hydrogens is 456 g/mol. The SMILES string of the molecule is O=C(N/N=C/c1cc([N+](=O)[O-])ccc1OC(=O)c1cccc(Br)c1)c1cccnc1. The minimum absolute atomic E-state index is 0.0463. The molecule has 1 heterocycles. The number of amides is 1. The fourth-order valence-corrected chi connectivity index (χ4v) is 2.74. The Kier molecular flexibility index (Phi) is 6.60. The van der Waals surface area contributed by atoms with Gasteiger partial charge in [-0.25, -0.2) is 10.2 Å². The number of halogens is 1. The van der Waals surface area contributed by atoms with Gasteiger partial charge in [0.2, 0.25) is 0 Å². The van der Waals surface area contributed by atoms with Crippen molar-refractivity contribution in [2.24, 2.45) is 5.10 Å². The Morgan fingerprint density at radius 3 is 2.63 bits per heavy atom. The van der Waals surface area contributed by atoms with Crippen LogP contribution in [0.4, 0.5) is 5.69 Å². The van der Waals surface area contributed by atoms with Crippen LogP contribution in [-0.2, 0) is 0 Å². The molecule has 0 fully saturated rings. The van der Waals surface area contributed by atoms with Gasteiger partial charge >= 0.3 is 5.97 Å². The largest absolute Gasteiger partial charge is 0.422 e. The van der Waals surface area contributed by atoms with Crippen LogP contribution in [-0.4, -0.2) is 28.0 Å². The number of ether oxygens (including phenoxy) is 1. The number of benzene rings is 2. The summed E-state index contributed by atoms with van der Waals surface area (Å²) in [6, 6.07) is 13.4. The lowest BCUT2D eigenvalue weighted by Crippen LogP contribution is -2.17. The second kappa shape index (κ2) is 9.52. The third-order valence-electron chi connectivity index (χ3n) is 3.76. The van der Waals surface area contributed by atoms with E-state index >= 15 is 0 Å². The van der Waals surface area contributed by atoms with Crippen LogP contribution in [0.3, 0.4) is 0 Å². The maximum absolute atomic E-state index is 12.4. The number of pyridine rings is 1. The van der Waals surface area contributed by atoms with Crippen LogP contribution in [0.25, 0.3) is 0 Å². The number of hydrazone groups is 1. The van der Waals surface area contributed by atoms with Gasteiger partial charge in [-0.15, -0.1) is 0 Å². The third kappa shape index (κ3) is 5.32. The Morgan fingerprint density at radius 2 is 1.93 bits per heavy atom. The molecule has 150 valence electrons. The van der Waals surface area contributed by atoms with Gasteiger partial charge in [0.15, 0.2) is 0 Å². The number of nitro groups is 1. The molecule has 30 heavy (non-hydrogen) atoms. The first-order chi connectivity index (χ1) is 14.4. The molecule has 9 nitrogen and oxygen atoms in total. The number of carbonyl (C=O) groups excluding carboxylic acids is 2.